The monoisotopic (exact) mass is 346 g/mol. The van der Waals surface area contributed by atoms with E-state index >= 15 is 0 Å². The molecule has 7 heteroatoms. The van der Waals surface area contributed by atoms with E-state index in [4.69, 9.17) is 9.84 Å². The van der Waals surface area contributed by atoms with E-state index in [0.29, 0.717) is 37.2 Å². The summed E-state index contributed by atoms with van der Waals surface area (Å²) in [4.78, 5) is 37.4. The average Bonchev–Trinajstić information content (AvgIpc) is 3.25. The van der Waals surface area contributed by atoms with Gasteiger partial charge in [0, 0.05) is 30.4 Å². The average molecular weight is 346 g/mol. The summed E-state index contributed by atoms with van der Waals surface area (Å²) in [6.07, 6.45) is 2.61. The Morgan fingerprint density at radius 3 is 2.80 bits per heavy atom. The van der Waals surface area contributed by atoms with Crippen LogP contribution in [0.15, 0.2) is 24.3 Å². The molecule has 2 saturated heterocycles. The zero-order valence-corrected chi connectivity index (χ0v) is 13.9. The van der Waals surface area contributed by atoms with Crippen molar-refractivity contribution in [2.24, 2.45) is 0 Å². The standard InChI is InChI=1S/C18H22N2O5/c21-16(22)11-14-6-2-8-20(14)18(24)12-4-1-5-13(10-12)19-17(23)15-7-3-9-25-15/h1,4-5,10,14-15H,2-3,6-9,11H2,(H,19,23)(H,21,22). The summed E-state index contributed by atoms with van der Waals surface area (Å²) >= 11 is 0. The van der Waals surface area contributed by atoms with Crippen LogP contribution in [0.25, 0.3) is 0 Å². The third kappa shape index (κ3) is 4.17. The van der Waals surface area contributed by atoms with E-state index in [9.17, 15) is 14.4 Å². The molecule has 0 aromatic heterocycles. The van der Waals surface area contributed by atoms with E-state index in [1.807, 2.05) is 0 Å². The number of benzene rings is 1. The number of hydrogen-bond donors (Lipinski definition) is 2. The van der Waals surface area contributed by atoms with Gasteiger partial charge in [0.05, 0.1) is 6.42 Å². The number of nitrogens with one attached hydrogen (secondary N) is 1. The zero-order valence-electron chi connectivity index (χ0n) is 13.9. The van der Waals surface area contributed by atoms with Crippen molar-refractivity contribution in [2.75, 3.05) is 18.5 Å². The second-order valence-electron chi connectivity index (χ2n) is 6.46. The lowest BCUT2D eigenvalue weighted by Crippen LogP contribution is -2.36. The van der Waals surface area contributed by atoms with E-state index in [2.05, 4.69) is 5.32 Å². The summed E-state index contributed by atoms with van der Waals surface area (Å²) < 4.78 is 5.35. The normalized spacial score (nSPS) is 22.8. The first-order chi connectivity index (χ1) is 12.0. The molecule has 0 radical (unpaired) electrons. The third-order valence-corrected chi connectivity index (χ3v) is 4.65. The Balaban J connectivity index is 1.68. The summed E-state index contributed by atoms with van der Waals surface area (Å²) in [7, 11) is 0. The van der Waals surface area contributed by atoms with Crippen molar-refractivity contribution in [1.82, 2.24) is 4.90 Å². The Labute approximate surface area is 146 Å². The van der Waals surface area contributed by atoms with Crippen LogP contribution in [0, 0.1) is 0 Å². The molecule has 1 aromatic rings. The second-order valence-corrected chi connectivity index (χ2v) is 6.46. The smallest absolute Gasteiger partial charge is 0.305 e. The molecule has 1 aromatic carbocycles. The molecule has 2 N–H and O–H groups in total. The van der Waals surface area contributed by atoms with Gasteiger partial charge in [0.1, 0.15) is 6.10 Å². The Kier molecular flexibility index (Phi) is 5.33. The largest absolute Gasteiger partial charge is 0.481 e. The highest BCUT2D eigenvalue weighted by Gasteiger charge is 2.31. The number of aliphatic carboxylic acids is 1. The summed E-state index contributed by atoms with van der Waals surface area (Å²) in [6.45, 7) is 1.15. The van der Waals surface area contributed by atoms with Gasteiger partial charge in [-0.1, -0.05) is 6.07 Å². The number of anilines is 1. The second kappa shape index (κ2) is 7.65. The first-order valence-corrected chi connectivity index (χ1v) is 8.60. The highest BCUT2D eigenvalue weighted by Crippen LogP contribution is 2.24. The predicted octanol–water partition coefficient (Wildman–Crippen LogP) is 1.88. The van der Waals surface area contributed by atoms with Crippen LogP contribution in [0.3, 0.4) is 0 Å². The van der Waals surface area contributed by atoms with Gasteiger partial charge in [-0.25, -0.2) is 0 Å². The molecule has 2 unspecified atom stereocenters. The maximum absolute atomic E-state index is 12.7. The molecule has 0 aliphatic carbocycles. The highest BCUT2D eigenvalue weighted by atomic mass is 16.5. The molecule has 2 heterocycles. The third-order valence-electron chi connectivity index (χ3n) is 4.65. The number of hydrogen-bond acceptors (Lipinski definition) is 4. The molecule has 2 atom stereocenters. The van der Waals surface area contributed by atoms with Crippen molar-refractivity contribution in [3.05, 3.63) is 29.8 Å². The van der Waals surface area contributed by atoms with Crippen molar-refractivity contribution in [1.29, 1.82) is 0 Å². The molecule has 0 saturated carbocycles. The van der Waals surface area contributed by atoms with Gasteiger partial charge >= 0.3 is 5.97 Å². The van der Waals surface area contributed by atoms with Gasteiger partial charge in [0.15, 0.2) is 0 Å². The number of amides is 2. The molecule has 134 valence electrons. The molecule has 25 heavy (non-hydrogen) atoms. The topological polar surface area (TPSA) is 95.9 Å². The summed E-state index contributed by atoms with van der Waals surface area (Å²) in [5, 5.41) is 11.8. The molecule has 0 bridgehead atoms. The number of carbonyl (C=O) groups excluding carboxylic acids is 2. The molecule has 2 amide bonds. The van der Waals surface area contributed by atoms with E-state index in [1.54, 1.807) is 29.2 Å². The van der Waals surface area contributed by atoms with Gasteiger partial charge in [-0.2, -0.15) is 0 Å². The SMILES string of the molecule is O=C(O)CC1CCCN1C(=O)c1cccc(NC(=O)C2CCCO2)c1. The maximum atomic E-state index is 12.7. The van der Waals surface area contributed by atoms with Gasteiger partial charge in [0.2, 0.25) is 0 Å². The van der Waals surface area contributed by atoms with Crippen LogP contribution in [-0.2, 0) is 14.3 Å². The van der Waals surface area contributed by atoms with Crippen molar-refractivity contribution in [3.8, 4) is 0 Å². The van der Waals surface area contributed by atoms with Crippen LogP contribution in [-0.4, -0.2) is 53.1 Å². The van der Waals surface area contributed by atoms with Crippen LogP contribution in [0.4, 0.5) is 5.69 Å². The Hall–Kier alpha value is -2.41. The number of carbonyl (C=O) groups is 3. The predicted molar refractivity (Wildman–Crippen MR) is 90.4 cm³/mol. The lowest BCUT2D eigenvalue weighted by Gasteiger charge is -2.23. The summed E-state index contributed by atoms with van der Waals surface area (Å²) in [5.41, 5.74) is 0.989. The van der Waals surface area contributed by atoms with Gasteiger partial charge in [0.25, 0.3) is 11.8 Å². The van der Waals surface area contributed by atoms with E-state index in [0.717, 1.165) is 12.8 Å². The van der Waals surface area contributed by atoms with E-state index < -0.39 is 12.1 Å². The van der Waals surface area contributed by atoms with E-state index in [1.165, 1.54) is 0 Å². The van der Waals surface area contributed by atoms with E-state index in [-0.39, 0.29) is 24.3 Å². The lowest BCUT2D eigenvalue weighted by atomic mass is 10.1. The van der Waals surface area contributed by atoms with Crippen molar-refractivity contribution >= 4 is 23.5 Å². The molecule has 7 nitrogen and oxygen atoms in total. The van der Waals surface area contributed by atoms with Gasteiger partial charge < -0.3 is 20.1 Å². The number of nitrogens with zero attached hydrogens (tertiary/aromatic N) is 1. The maximum Gasteiger partial charge on any atom is 0.305 e. The van der Waals surface area contributed by atoms with Crippen LogP contribution >= 0.6 is 0 Å². The first-order valence-electron chi connectivity index (χ1n) is 8.60. The lowest BCUT2D eigenvalue weighted by molar-refractivity contribution is -0.138. The minimum absolute atomic E-state index is 0.0405. The summed E-state index contributed by atoms with van der Waals surface area (Å²) in [6, 6.07) is 6.48. The molecular formula is C18H22N2O5. The first kappa shape index (κ1) is 17.4. The number of rotatable bonds is 5. The van der Waals surface area contributed by atoms with Crippen LogP contribution in [0.1, 0.15) is 42.5 Å². The van der Waals surface area contributed by atoms with Crippen LogP contribution in [0.2, 0.25) is 0 Å². The number of ether oxygens (including phenoxy) is 1. The van der Waals surface area contributed by atoms with Crippen LogP contribution < -0.4 is 5.32 Å². The zero-order chi connectivity index (χ0) is 17.8. The Morgan fingerprint density at radius 2 is 2.08 bits per heavy atom. The quantitative estimate of drug-likeness (QED) is 0.849. The number of carboxylic acid groups (broad SMARTS) is 1. The molecule has 2 aliphatic heterocycles. The minimum Gasteiger partial charge on any atom is -0.481 e. The Morgan fingerprint density at radius 1 is 1.24 bits per heavy atom. The van der Waals surface area contributed by atoms with Gasteiger partial charge in [-0.05, 0) is 43.9 Å². The molecule has 2 aliphatic rings. The Bertz CT molecular complexity index is 669. The molecule has 2 fully saturated rings. The number of likely N-dealkylation sites (tertiary alicyclic amines) is 1. The highest BCUT2D eigenvalue weighted by molar-refractivity contribution is 5.98. The van der Waals surface area contributed by atoms with Gasteiger partial charge in [-0.15, -0.1) is 0 Å². The fourth-order valence-corrected chi connectivity index (χ4v) is 3.42. The molecular weight excluding hydrogens is 324 g/mol. The minimum atomic E-state index is -0.901. The molecule has 0 spiro atoms. The van der Waals surface area contributed by atoms with Crippen molar-refractivity contribution < 1.29 is 24.2 Å². The van der Waals surface area contributed by atoms with Crippen LogP contribution in [0.5, 0.6) is 0 Å². The fraction of sp³-hybridized carbons (Fsp3) is 0.500. The van der Waals surface area contributed by atoms with Crippen molar-refractivity contribution in [3.63, 3.8) is 0 Å². The molecule has 3 rings (SSSR count). The number of carboxylic acids is 1. The summed E-state index contributed by atoms with van der Waals surface area (Å²) in [5.74, 6) is -1.30. The fourth-order valence-electron chi connectivity index (χ4n) is 3.42. The van der Waals surface area contributed by atoms with Gasteiger partial charge in [-0.3, -0.25) is 14.4 Å². The van der Waals surface area contributed by atoms with Crippen molar-refractivity contribution in [2.45, 2.75) is 44.2 Å².